The number of anilines is 1. The Balaban J connectivity index is 2.04. The highest BCUT2D eigenvalue weighted by Gasteiger charge is 2.38. The van der Waals surface area contributed by atoms with E-state index in [0.717, 1.165) is 5.56 Å². The van der Waals surface area contributed by atoms with Crippen molar-refractivity contribution in [1.29, 1.82) is 0 Å². The predicted octanol–water partition coefficient (Wildman–Crippen LogP) is 3.30. The lowest BCUT2D eigenvalue weighted by molar-refractivity contribution is -0.136. The summed E-state index contributed by atoms with van der Waals surface area (Å²) in [4.78, 5) is 26.9. The van der Waals surface area contributed by atoms with Gasteiger partial charge in [-0.15, -0.1) is 0 Å². The summed E-state index contributed by atoms with van der Waals surface area (Å²) in [7, 11) is 1.58. The van der Waals surface area contributed by atoms with Crippen LogP contribution in [0.15, 0.2) is 60.3 Å². The van der Waals surface area contributed by atoms with Crippen molar-refractivity contribution in [3.63, 3.8) is 0 Å². The molecule has 0 saturated carbocycles. The number of carbonyl (C=O) groups excluding carboxylic acids is 2. The second kappa shape index (κ2) is 7.21. The molecule has 1 aliphatic heterocycles. The zero-order valence-corrected chi connectivity index (χ0v) is 14.3. The van der Waals surface area contributed by atoms with Crippen molar-refractivity contribution in [2.45, 2.75) is 13.3 Å². The number of hydrogen-bond acceptors (Lipinski definition) is 4. The number of hydrogen-bond donors (Lipinski definition) is 1. The Labute approximate surface area is 146 Å². The third-order valence-corrected chi connectivity index (χ3v) is 4.02. The maximum absolute atomic E-state index is 12.8. The molecule has 5 nitrogen and oxygen atoms in total. The second-order valence-corrected chi connectivity index (χ2v) is 5.73. The highest BCUT2D eigenvalue weighted by molar-refractivity contribution is 6.36. The number of imide groups is 1. The minimum Gasteiger partial charge on any atom is -0.497 e. The van der Waals surface area contributed by atoms with Crippen LogP contribution in [0.5, 0.6) is 5.75 Å². The predicted molar refractivity (Wildman–Crippen MR) is 97.0 cm³/mol. The zero-order chi connectivity index (χ0) is 17.8. The lowest BCUT2D eigenvalue weighted by Gasteiger charge is -2.14. The van der Waals surface area contributed by atoms with Crippen LogP contribution in [0.4, 0.5) is 5.69 Å². The SMILES string of the molecule is CCCN1C(=O)C(Nc2cccc(OC)c2)=C(c2ccccc2)C1=O. The zero-order valence-electron chi connectivity index (χ0n) is 14.3. The quantitative estimate of drug-likeness (QED) is 0.822. The van der Waals surface area contributed by atoms with E-state index in [0.29, 0.717) is 35.7 Å². The summed E-state index contributed by atoms with van der Waals surface area (Å²) in [6.07, 6.45) is 0.714. The van der Waals surface area contributed by atoms with Crippen LogP contribution >= 0.6 is 0 Å². The van der Waals surface area contributed by atoms with Crippen LogP contribution in [0.1, 0.15) is 18.9 Å². The van der Waals surface area contributed by atoms with Crippen LogP contribution in [0, 0.1) is 0 Å². The molecule has 0 atom stereocenters. The molecule has 0 fully saturated rings. The Morgan fingerprint density at radius 1 is 1.00 bits per heavy atom. The monoisotopic (exact) mass is 336 g/mol. The summed E-state index contributed by atoms with van der Waals surface area (Å²) in [6.45, 7) is 2.34. The summed E-state index contributed by atoms with van der Waals surface area (Å²) in [5.41, 5.74) is 2.13. The number of amides is 2. The normalized spacial score (nSPS) is 14.2. The highest BCUT2D eigenvalue weighted by atomic mass is 16.5. The van der Waals surface area contributed by atoms with Gasteiger partial charge in [0.15, 0.2) is 0 Å². The third-order valence-electron chi connectivity index (χ3n) is 4.02. The molecule has 1 heterocycles. The van der Waals surface area contributed by atoms with Gasteiger partial charge in [0.2, 0.25) is 0 Å². The largest absolute Gasteiger partial charge is 0.497 e. The average Bonchev–Trinajstić information content (AvgIpc) is 2.87. The van der Waals surface area contributed by atoms with E-state index in [-0.39, 0.29) is 11.8 Å². The molecule has 25 heavy (non-hydrogen) atoms. The molecule has 0 bridgehead atoms. The number of methoxy groups -OCH3 is 1. The van der Waals surface area contributed by atoms with Gasteiger partial charge in [0.1, 0.15) is 11.4 Å². The van der Waals surface area contributed by atoms with E-state index >= 15 is 0 Å². The first-order chi connectivity index (χ1) is 12.2. The van der Waals surface area contributed by atoms with E-state index in [2.05, 4.69) is 5.32 Å². The van der Waals surface area contributed by atoms with Crippen molar-refractivity contribution in [3.8, 4) is 5.75 Å². The van der Waals surface area contributed by atoms with Crippen molar-refractivity contribution in [1.82, 2.24) is 4.90 Å². The van der Waals surface area contributed by atoms with Crippen LogP contribution in [-0.4, -0.2) is 30.4 Å². The molecule has 5 heteroatoms. The number of carbonyl (C=O) groups is 2. The average molecular weight is 336 g/mol. The molecule has 1 N–H and O–H groups in total. The number of nitrogens with one attached hydrogen (secondary N) is 1. The molecular formula is C20H20N2O3. The molecule has 0 radical (unpaired) electrons. The van der Waals surface area contributed by atoms with E-state index in [4.69, 9.17) is 4.74 Å². The molecule has 2 amide bonds. The summed E-state index contributed by atoms with van der Waals surface area (Å²) >= 11 is 0. The van der Waals surface area contributed by atoms with E-state index < -0.39 is 0 Å². The molecule has 2 aromatic carbocycles. The Morgan fingerprint density at radius 3 is 2.44 bits per heavy atom. The van der Waals surface area contributed by atoms with Gasteiger partial charge in [-0.1, -0.05) is 43.3 Å². The number of benzene rings is 2. The molecule has 0 aliphatic carbocycles. The number of rotatable bonds is 6. The second-order valence-electron chi connectivity index (χ2n) is 5.73. The van der Waals surface area contributed by atoms with Crippen LogP contribution in [0.25, 0.3) is 5.57 Å². The molecule has 3 rings (SSSR count). The van der Waals surface area contributed by atoms with Gasteiger partial charge in [-0.3, -0.25) is 14.5 Å². The van der Waals surface area contributed by atoms with Crippen LogP contribution in [-0.2, 0) is 9.59 Å². The summed E-state index contributed by atoms with van der Waals surface area (Å²) in [5.74, 6) is 0.117. The minimum atomic E-state index is -0.298. The van der Waals surface area contributed by atoms with Crippen molar-refractivity contribution >= 4 is 23.1 Å². The standard InChI is InChI=1S/C20H20N2O3/c1-3-12-22-19(23)17(14-8-5-4-6-9-14)18(20(22)24)21-15-10-7-11-16(13-15)25-2/h4-11,13,21H,3,12H2,1-2H3. The number of ether oxygens (including phenoxy) is 1. The molecule has 128 valence electrons. The van der Waals surface area contributed by atoms with Gasteiger partial charge < -0.3 is 10.1 Å². The molecule has 0 unspecified atom stereocenters. The fraction of sp³-hybridized carbons (Fsp3) is 0.200. The van der Waals surface area contributed by atoms with Gasteiger partial charge >= 0.3 is 0 Å². The Bertz CT molecular complexity index is 828. The first-order valence-electron chi connectivity index (χ1n) is 8.22. The van der Waals surface area contributed by atoms with Gasteiger partial charge in [-0.2, -0.15) is 0 Å². The lowest BCUT2D eigenvalue weighted by Crippen LogP contribution is -2.33. The maximum atomic E-state index is 12.8. The summed E-state index contributed by atoms with van der Waals surface area (Å²) in [5, 5.41) is 3.12. The Hall–Kier alpha value is -3.08. The number of nitrogens with zero attached hydrogens (tertiary/aromatic N) is 1. The molecule has 1 aliphatic rings. The smallest absolute Gasteiger partial charge is 0.278 e. The lowest BCUT2D eigenvalue weighted by atomic mass is 10.0. The van der Waals surface area contributed by atoms with E-state index in [1.807, 2.05) is 55.5 Å². The first-order valence-corrected chi connectivity index (χ1v) is 8.22. The van der Waals surface area contributed by atoms with Gasteiger partial charge in [-0.25, -0.2) is 0 Å². The van der Waals surface area contributed by atoms with Crippen molar-refractivity contribution in [3.05, 3.63) is 65.9 Å². The van der Waals surface area contributed by atoms with E-state index in [1.54, 1.807) is 13.2 Å². The van der Waals surface area contributed by atoms with Gasteiger partial charge in [0, 0.05) is 18.3 Å². The topological polar surface area (TPSA) is 58.6 Å². The minimum absolute atomic E-state index is 0.261. The molecule has 0 saturated heterocycles. The molecular weight excluding hydrogens is 316 g/mol. The fourth-order valence-corrected chi connectivity index (χ4v) is 2.84. The van der Waals surface area contributed by atoms with Gasteiger partial charge in [-0.05, 0) is 24.1 Å². The Morgan fingerprint density at radius 2 is 1.76 bits per heavy atom. The third kappa shape index (κ3) is 3.26. The Kier molecular flexibility index (Phi) is 4.84. The molecule has 0 spiro atoms. The maximum Gasteiger partial charge on any atom is 0.278 e. The van der Waals surface area contributed by atoms with Crippen LogP contribution < -0.4 is 10.1 Å². The van der Waals surface area contributed by atoms with Gasteiger partial charge in [0.05, 0.1) is 12.7 Å². The van der Waals surface area contributed by atoms with Gasteiger partial charge in [0.25, 0.3) is 11.8 Å². The van der Waals surface area contributed by atoms with Crippen LogP contribution in [0.2, 0.25) is 0 Å². The van der Waals surface area contributed by atoms with Crippen molar-refractivity contribution in [2.24, 2.45) is 0 Å². The van der Waals surface area contributed by atoms with Crippen molar-refractivity contribution in [2.75, 3.05) is 19.0 Å². The fourth-order valence-electron chi connectivity index (χ4n) is 2.84. The molecule has 2 aromatic rings. The summed E-state index contributed by atoms with van der Waals surface area (Å²) in [6, 6.07) is 16.5. The van der Waals surface area contributed by atoms with E-state index in [9.17, 15) is 9.59 Å². The highest BCUT2D eigenvalue weighted by Crippen LogP contribution is 2.31. The van der Waals surface area contributed by atoms with Crippen LogP contribution in [0.3, 0.4) is 0 Å². The van der Waals surface area contributed by atoms with E-state index in [1.165, 1.54) is 4.90 Å². The molecule has 0 aromatic heterocycles. The summed E-state index contributed by atoms with van der Waals surface area (Å²) < 4.78 is 5.22. The first kappa shape index (κ1) is 16.8. The van der Waals surface area contributed by atoms with Crippen molar-refractivity contribution < 1.29 is 14.3 Å².